The summed E-state index contributed by atoms with van der Waals surface area (Å²) in [4.78, 5) is 11.4. The van der Waals surface area contributed by atoms with E-state index in [0.29, 0.717) is 12.8 Å². The molecule has 0 aromatic rings. The number of amides is 1. The summed E-state index contributed by atoms with van der Waals surface area (Å²) in [5.41, 5.74) is 0. The second kappa shape index (κ2) is 5.52. The standard InChI is InChI=1S/C10H16F3NO2/c1-16-8-4-2-7(3-5-8)9(15)14-6-10(11,12)13/h7-8H,2-6H2,1H3,(H,14,15). The Morgan fingerprint density at radius 3 is 2.31 bits per heavy atom. The summed E-state index contributed by atoms with van der Waals surface area (Å²) >= 11 is 0. The Balaban J connectivity index is 2.28. The van der Waals surface area contributed by atoms with Gasteiger partial charge in [0.25, 0.3) is 0 Å². The van der Waals surface area contributed by atoms with Crippen molar-refractivity contribution >= 4 is 5.91 Å². The van der Waals surface area contributed by atoms with Crippen molar-refractivity contribution in [2.24, 2.45) is 5.92 Å². The van der Waals surface area contributed by atoms with Crippen LogP contribution in [0, 0.1) is 5.92 Å². The minimum Gasteiger partial charge on any atom is -0.381 e. The molecule has 1 aliphatic carbocycles. The number of halogens is 3. The summed E-state index contributed by atoms with van der Waals surface area (Å²) in [7, 11) is 1.61. The fourth-order valence-corrected chi connectivity index (χ4v) is 1.89. The Kier molecular flexibility index (Phi) is 4.58. The first kappa shape index (κ1) is 13.3. The van der Waals surface area contributed by atoms with Gasteiger partial charge in [-0.1, -0.05) is 0 Å². The third-order valence-corrected chi connectivity index (χ3v) is 2.84. The normalized spacial score (nSPS) is 26.5. The van der Waals surface area contributed by atoms with E-state index >= 15 is 0 Å². The minimum atomic E-state index is -4.33. The van der Waals surface area contributed by atoms with E-state index in [9.17, 15) is 18.0 Å². The van der Waals surface area contributed by atoms with Crippen LogP contribution >= 0.6 is 0 Å². The van der Waals surface area contributed by atoms with Crippen LogP contribution in [0.4, 0.5) is 13.2 Å². The number of hydrogen-bond acceptors (Lipinski definition) is 2. The first-order valence-corrected chi connectivity index (χ1v) is 5.29. The van der Waals surface area contributed by atoms with Crippen LogP contribution < -0.4 is 5.32 Å². The number of ether oxygens (including phenoxy) is 1. The molecule has 0 atom stereocenters. The predicted molar refractivity (Wildman–Crippen MR) is 51.8 cm³/mol. The minimum absolute atomic E-state index is 0.145. The quantitative estimate of drug-likeness (QED) is 0.816. The fraction of sp³-hybridized carbons (Fsp3) is 0.900. The molecule has 0 saturated heterocycles. The van der Waals surface area contributed by atoms with E-state index in [2.05, 4.69) is 0 Å². The Labute approximate surface area is 92.3 Å². The smallest absolute Gasteiger partial charge is 0.381 e. The number of nitrogens with one attached hydrogen (secondary N) is 1. The number of rotatable bonds is 3. The van der Waals surface area contributed by atoms with Gasteiger partial charge in [-0.2, -0.15) is 13.2 Å². The van der Waals surface area contributed by atoms with Gasteiger partial charge in [-0.15, -0.1) is 0 Å². The topological polar surface area (TPSA) is 38.3 Å². The van der Waals surface area contributed by atoms with E-state index in [-0.39, 0.29) is 12.0 Å². The number of alkyl halides is 3. The molecule has 1 rings (SSSR count). The summed E-state index contributed by atoms with van der Waals surface area (Å²) in [6.45, 7) is -1.24. The van der Waals surface area contributed by atoms with Crippen LogP contribution in [0.5, 0.6) is 0 Å². The second-order valence-electron chi connectivity index (χ2n) is 4.04. The molecular formula is C10H16F3NO2. The predicted octanol–water partition coefficient (Wildman–Crippen LogP) is 1.87. The molecule has 16 heavy (non-hydrogen) atoms. The van der Waals surface area contributed by atoms with Crippen molar-refractivity contribution in [3.8, 4) is 0 Å². The van der Waals surface area contributed by atoms with Crippen molar-refractivity contribution in [1.82, 2.24) is 5.32 Å². The summed E-state index contributed by atoms with van der Waals surface area (Å²) < 4.78 is 40.7. The molecule has 94 valence electrons. The Morgan fingerprint density at radius 1 is 1.31 bits per heavy atom. The highest BCUT2D eigenvalue weighted by Crippen LogP contribution is 2.26. The highest BCUT2D eigenvalue weighted by molar-refractivity contribution is 5.78. The third kappa shape index (κ3) is 4.38. The van der Waals surface area contributed by atoms with Gasteiger partial charge >= 0.3 is 6.18 Å². The molecule has 3 nitrogen and oxygen atoms in total. The Bertz CT molecular complexity index is 235. The Hall–Kier alpha value is -0.780. The van der Waals surface area contributed by atoms with Crippen LogP contribution in [0.15, 0.2) is 0 Å². The van der Waals surface area contributed by atoms with Crippen LogP contribution in [-0.2, 0) is 9.53 Å². The molecule has 1 saturated carbocycles. The fourth-order valence-electron chi connectivity index (χ4n) is 1.89. The van der Waals surface area contributed by atoms with Gasteiger partial charge < -0.3 is 10.1 Å². The lowest BCUT2D eigenvalue weighted by Gasteiger charge is -2.26. The van der Waals surface area contributed by atoms with Gasteiger partial charge in [0.1, 0.15) is 6.54 Å². The molecule has 0 aliphatic heterocycles. The summed E-state index contributed by atoms with van der Waals surface area (Å²) in [6, 6.07) is 0. The molecule has 1 fully saturated rings. The van der Waals surface area contributed by atoms with E-state index in [1.165, 1.54) is 0 Å². The molecule has 0 radical (unpaired) electrons. The van der Waals surface area contributed by atoms with Crippen molar-refractivity contribution in [1.29, 1.82) is 0 Å². The molecule has 1 amide bonds. The van der Waals surface area contributed by atoms with Crippen molar-refractivity contribution in [2.45, 2.75) is 38.0 Å². The van der Waals surface area contributed by atoms with Crippen LogP contribution in [0.3, 0.4) is 0 Å². The number of carbonyl (C=O) groups excluding carboxylic acids is 1. The molecule has 0 aromatic heterocycles. The highest BCUT2D eigenvalue weighted by Gasteiger charge is 2.31. The molecule has 1 N–H and O–H groups in total. The molecule has 0 aromatic carbocycles. The Morgan fingerprint density at radius 2 is 1.88 bits per heavy atom. The molecule has 0 spiro atoms. The lowest BCUT2D eigenvalue weighted by atomic mass is 9.87. The first-order valence-electron chi connectivity index (χ1n) is 5.29. The first-order chi connectivity index (χ1) is 7.42. The second-order valence-corrected chi connectivity index (χ2v) is 4.04. The molecular weight excluding hydrogens is 223 g/mol. The van der Waals surface area contributed by atoms with Crippen molar-refractivity contribution in [3.63, 3.8) is 0 Å². The molecule has 0 heterocycles. The van der Waals surface area contributed by atoms with Crippen LogP contribution in [0.25, 0.3) is 0 Å². The molecule has 1 aliphatic rings. The zero-order chi connectivity index (χ0) is 12.2. The van der Waals surface area contributed by atoms with E-state index in [4.69, 9.17) is 4.74 Å². The van der Waals surface area contributed by atoms with Gasteiger partial charge in [-0.05, 0) is 25.7 Å². The monoisotopic (exact) mass is 239 g/mol. The summed E-state index contributed by atoms with van der Waals surface area (Å²) in [5, 5.41) is 1.92. The summed E-state index contributed by atoms with van der Waals surface area (Å²) in [5.74, 6) is -0.791. The average molecular weight is 239 g/mol. The molecule has 6 heteroatoms. The van der Waals surface area contributed by atoms with Gasteiger partial charge in [-0.3, -0.25) is 4.79 Å². The maximum absolute atomic E-state index is 11.9. The van der Waals surface area contributed by atoms with Gasteiger partial charge in [0.05, 0.1) is 6.10 Å². The van der Waals surface area contributed by atoms with Gasteiger partial charge in [0, 0.05) is 13.0 Å². The van der Waals surface area contributed by atoms with Crippen LogP contribution in [0.1, 0.15) is 25.7 Å². The zero-order valence-corrected chi connectivity index (χ0v) is 9.14. The van der Waals surface area contributed by atoms with E-state index in [1.54, 1.807) is 7.11 Å². The zero-order valence-electron chi connectivity index (χ0n) is 9.14. The molecule has 0 unspecified atom stereocenters. The van der Waals surface area contributed by atoms with Gasteiger partial charge in [-0.25, -0.2) is 0 Å². The third-order valence-electron chi connectivity index (χ3n) is 2.84. The van der Waals surface area contributed by atoms with Crippen LogP contribution in [0.2, 0.25) is 0 Å². The average Bonchev–Trinajstić information content (AvgIpc) is 2.25. The van der Waals surface area contributed by atoms with Crippen molar-refractivity contribution < 1.29 is 22.7 Å². The van der Waals surface area contributed by atoms with E-state index in [1.807, 2.05) is 5.32 Å². The lowest BCUT2D eigenvalue weighted by molar-refractivity contribution is -0.141. The van der Waals surface area contributed by atoms with Gasteiger partial charge in [0.15, 0.2) is 0 Å². The van der Waals surface area contributed by atoms with E-state index in [0.717, 1.165) is 12.8 Å². The van der Waals surface area contributed by atoms with E-state index < -0.39 is 18.6 Å². The van der Waals surface area contributed by atoms with Crippen molar-refractivity contribution in [3.05, 3.63) is 0 Å². The largest absolute Gasteiger partial charge is 0.405 e. The number of methoxy groups -OCH3 is 1. The van der Waals surface area contributed by atoms with Crippen molar-refractivity contribution in [2.75, 3.05) is 13.7 Å². The van der Waals surface area contributed by atoms with Gasteiger partial charge in [0.2, 0.25) is 5.91 Å². The summed E-state index contributed by atoms with van der Waals surface area (Å²) in [6.07, 6.45) is -1.52. The lowest BCUT2D eigenvalue weighted by Crippen LogP contribution is -2.39. The molecule has 0 bridgehead atoms. The number of hydrogen-bond donors (Lipinski definition) is 1. The maximum Gasteiger partial charge on any atom is 0.405 e. The SMILES string of the molecule is COC1CCC(C(=O)NCC(F)(F)F)CC1. The number of carbonyl (C=O) groups is 1. The maximum atomic E-state index is 11.9. The van der Waals surface area contributed by atoms with Crippen LogP contribution in [-0.4, -0.2) is 31.8 Å². The highest BCUT2D eigenvalue weighted by atomic mass is 19.4.